The zero-order valence-electron chi connectivity index (χ0n) is 7.19. The summed E-state index contributed by atoms with van der Waals surface area (Å²) in [7, 11) is 3.66. The highest BCUT2D eigenvalue weighted by Gasteiger charge is 2.18. The molecule has 1 aliphatic rings. The van der Waals surface area contributed by atoms with E-state index in [0.717, 1.165) is 18.6 Å². The van der Waals surface area contributed by atoms with Gasteiger partial charge in [0.2, 0.25) is 0 Å². The third-order valence-corrected chi connectivity index (χ3v) is 4.83. The molecule has 0 radical (unpaired) electrons. The summed E-state index contributed by atoms with van der Waals surface area (Å²) in [5, 5.41) is 8.90. The molecule has 1 aliphatic heterocycles. The number of Topliss-reactive ketones (excluding diaryl/α,β-unsaturated/α-hetero) is 1. The highest BCUT2D eigenvalue weighted by atomic mass is 33.1. The van der Waals surface area contributed by atoms with Crippen LogP contribution in [0.2, 0.25) is 0 Å². The van der Waals surface area contributed by atoms with E-state index in [0.29, 0.717) is 11.7 Å². The Morgan fingerprint density at radius 2 is 2.23 bits per heavy atom. The van der Waals surface area contributed by atoms with Gasteiger partial charge >= 0.3 is 5.97 Å². The molecule has 1 unspecified atom stereocenters. The van der Waals surface area contributed by atoms with E-state index in [4.69, 9.17) is 5.11 Å². The van der Waals surface area contributed by atoms with E-state index in [1.807, 2.05) is 21.6 Å². The van der Waals surface area contributed by atoms with Gasteiger partial charge in [-0.2, -0.15) is 0 Å². The van der Waals surface area contributed by atoms with Crippen molar-refractivity contribution in [1.29, 1.82) is 0 Å². The van der Waals surface area contributed by atoms with Crippen LogP contribution in [0.1, 0.15) is 25.7 Å². The molecule has 0 aromatic carbocycles. The van der Waals surface area contributed by atoms with Crippen molar-refractivity contribution in [2.75, 3.05) is 5.75 Å². The third kappa shape index (κ3) is 4.57. The van der Waals surface area contributed by atoms with Crippen molar-refractivity contribution < 1.29 is 14.7 Å². The number of aliphatic carboxylic acids is 1. The average Bonchev–Trinajstić information content (AvgIpc) is 2.51. The van der Waals surface area contributed by atoms with Crippen LogP contribution in [0.15, 0.2) is 0 Å². The van der Waals surface area contributed by atoms with Crippen LogP contribution >= 0.6 is 21.6 Å². The summed E-state index contributed by atoms with van der Waals surface area (Å²) in [5.74, 6) is -0.00826. The molecule has 0 bridgehead atoms. The predicted octanol–water partition coefficient (Wildman–Crippen LogP) is 1.96. The Hall–Kier alpha value is -0.160. The largest absolute Gasteiger partial charge is 0.481 e. The third-order valence-electron chi connectivity index (χ3n) is 1.82. The number of hydrogen-bond donors (Lipinski definition) is 1. The average molecular weight is 220 g/mol. The summed E-state index contributed by atoms with van der Waals surface area (Å²) in [6.45, 7) is 0. The number of hydrogen-bond acceptors (Lipinski definition) is 4. The van der Waals surface area contributed by atoms with Crippen molar-refractivity contribution in [3.63, 3.8) is 0 Å². The fraction of sp³-hybridized carbons (Fsp3) is 0.750. The first-order valence-electron chi connectivity index (χ1n) is 4.20. The molecular formula is C8H12O3S2. The van der Waals surface area contributed by atoms with Crippen molar-refractivity contribution in [2.24, 2.45) is 0 Å². The van der Waals surface area contributed by atoms with Crippen LogP contribution in [-0.2, 0) is 9.59 Å². The topological polar surface area (TPSA) is 54.4 Å². The minimum Gasteiger partial charge on any atom is -0.481 e. The fourth-order valence-electron chi connectivity index (χ4n) is 1.14. The summed E-state index contributed by atoms with van der Waals surface area (Å²) in [6.07, 6.45) is 2.09. The number of carbonyl (C=O) groups is 2. The van der Waals surface area contributed by atoms with Crippen molar-refractivity contribution >= 4 is 33.3 Å². The number of carboxylic acid groups (broad SMARTS) is 1. The molecule has 0 saturated carbocycles. The van der Waals surface area contributed by atoms with E-state index in [1.165, 1.54) is 0 Å². The second-order valence-electron chi connectivity index (χ2n) is 2.98. The molecule has 74 valence electrons. The molecule has 0 aliphatic carbocycles. The maximum Gasteiger partial charge on any atom is 0.310 e. The van der Waals surface area contributed by atoms with Crippen LogP contribution < -0.4 is 0 Å². The van der Waals surface area contributed by atoms with Gasteiger partial charge in [-0.05, 0) is 12.8 Å². The monoisotopic (exact) mass is 220 g/mol. The first kappa shape index (κ1) is 10.9. The van der Waals surface area contributed by atoms with Gasteiger partial charge in [-0.15, -0.1) is 0 Å². The molecule has 0 amide bonds. The molecule has 0 aromatic rings. The number of carbonyl (C=O) groups excluding carboxylic acids is 1. The maximum atomic E-state index is 11.0. The minimum atomic E-state index is -1.02. The summed E-state index contributed by atoms with van der Waals surface area (Å²) in [5.41, 5.74) is 0. The van der Waals surface area contributed by atoms with Gasteiger partial charge in [0.25, 0.3) is 0 Å². The molecule has 13 heavy (non-hydrogen) atoms. The fourth-order valence-corrected chi connectivity index (χ4v) is 4.12. The Balaban J connectivity index is 2.10. The first-order valence-corrected chi connectivity index (χ1v) is 6.58. The molecule has 0 spiro atoms. The Morgan fingerprint density at radius 1 is 1.46 bits per heavy atom. The molecular weight excluding hydrogens is 208 g/mol. The van der Waals surface area contributed by atoms with E-state index in [1.54, 1.807) is 0 Å². The van der Waals surface area contributed by atoms with E-state index in [2.05, 4.69) is 0 Å². The van der Waals surface area contributed by atoms with Crippen LogP contribution in [0, 0.1) is 0 Å². The number of carboxylic acids is 1. The highest BCUT2D eigenvalue weighted by Crippen LogP contribution is 2.39. The Labute approximate surface area is 85.1 Å². The van der Waals surface area contributed by atoms with Crippen molar-refractivity contribution in [1.82, 2.24) is 0 Å². The highest BCUT2D eigenvalue weighted by molar-refractivity contribution is 8.77. The van der Waals surface area contributed by atoms with Crippen LogP contribution in [0.5, 0.6) is 0 Å². The normalized spacial score (nSPS) is 21.7. The Bertz CT molecular complexity index is 200. The second-order valence-corrected chi connectivity index (χ2v) is 5.76. The van der Waals surface area contributed by atoms with Crippen LogP contribution in [0.25, 0.3) is 0 Å². The summed E-state index contributed by atoms with van der Waals surface area (Å²) in [4.78, 5) is 21.2. The van der Waals surface area contributed by atoms with Crippen LogP contribution in [0.3, 0.4) is 0 Å². The van der Waals surface area contributed by atoms with Gasteiger partial charge in [0.05, 0.1) is 0 Å². The molecule has 1 heterocycles. The van der Waals surface area contributed by atoms with Crippen molar-refractivity contribution in [3.05, 3.63) is 0 Å². The lowest BCUT2D eigenvalue weighted by Gasteiger charge is -2.04. The van der Waals surface area contributed by atoms with Gasteiger partial charge < -0.3 is 5.11 Å². The van der Waals surface area contributed by atoms with E-state index < -0.39 is 5.97 Å². The molecule has 1 rings (SSSR count). The summed E-state index contributed by atoms with van der Waals surface area (Å²) in [6, 6.07) is 0. The SMILES string of the molecule is O=C(O)CC(=O)CCC1CCSS1. The lowest BCUT2D eigenvalue weighted by Crippen LogP contribution is -2.09. The van der Waals surface area contributed by atoms with E-state index >= 15 is 0 Å². The maximum absolute atomic E-state index is 11.0. The molecule has 0 aromatic heterocycles. The minimum absolute atomic E-state index is 0.148. The number of rotatable bonds is 5. The Kier molecular flexibility index (Phi) is 4.66. The molecule has 1 atom stereocenters. The molecule has 3 nitrogen and oxygen atoms in total. The van der Waals surface area contributed by atoms with Gasteiger partial charge in [-0.25, -0.2) is 0 Å². The first-order chi connectivity index (χ1) is 6.18. The lowest BCUT2D eigenvalue weighted by molar-refractivity contribution is -0.140. The van der Waals surface area contributed by atoms with Crippen LogP contribution in [0.4, 0.5) is 0 Å². The van der Waals surface area contributed by atoms with Gasteiger partial charge in [-0.3, -0.25) is 9.59 Å². The van der Waals surface area contributed by atoms with E-state index in [-0.39, 0.29) is 12.2 Å². The number of ketones is 1. The van der Waals surface area contributed by atoms with Gasteiger partial charge in [0.1, 0.15) is 12.2 Å². The lowest BCUT2D eigenvalue weighted by atomic mass is 10.1. The second kappa shape index (κ2) is 5.54. The van der Waals surface area contributed by atoms with Crippen LogP contribution in [-0.4, -0.2) is 27.9 Å². The van der Waals surface area contributed by atoms with Gasteiger partial charge in [0.15, 0.2) is 0 Å². The molecule has 1 N–H and O–H groups in total. The smallest absolute Gasteiger partial charge is 0.310 e. The molecule has 1 fully saturated rings. The standard InChI is InChI=1S/C8H12O3S2/c9-6(5-8(10)11)1-2-7-3-4-12-13-7/h7H,1-5H2,(H,10,11). The predicted molar refractivity (Wildman–Crippen MR) is 54.9 cm³/mol. The molecule has 5 heteroatoms. The summed E-state index contributed by atoms with van der Waals surface area (Å²) >= 11 is 0. The zero-order valence-corrected chi connectivity index (χ0v) is 8.83. The Morgan fingerprint density at radius 3 is 2.77 bits per heavy atom. The zero-order chi connectivity index (χ0) is 9.68. The van der Waals surface area contributed by atoms with Gasteiger partial charge in [-0.1, -0.05) is 21.6 Å². The quantitative estimate of drug-likeness (QED) is 0.567. The van der Waals surface area contributed by atoms with E-state index in [9.17, 15) is 9.59 Å². The van der Waals surface area contributed by atoms with Gasteiger partial charge in [0, 0.05) is 17.4 Å². The van der Waals surface area contributed by atoms with Crippen molar-refractivity contribution in [3.8, 4) is 0 Å². The molecule has 1 saturated heterocycles. The van der Waals surface area contributed by atoms with Crippen molar-refractivity contribution in [2.45, 2.75) is 30.9 Å². The summed E-state index contributed by atoms with van der Waals surface area (Å²) < 4.78 is 0.